The highest BCUT2D eigenvalue weighted by molar-refractivity contribution is 6.98. The van der Waals surface area contributed by atoms with E-state index in [1.807, 2.05) is 0 Å². The molecule has 1 aliphatic carbocycles. The molecule has 0 atom stereocenters. The van der Waals surface area contributed by atoms with E-state index in [1.54, 1.807) is 10.4 Å². The number of para-hydroxylation sites is 4. The average Bonchev–Trinajstić information content (AvgIpc) is 3.62. The SMILES string of the molecule is CCC1=C(C=C2CC(c3ccc(N(c4ccccc4)c4ccccc4)cc3)=c3cc(-c4ccccc4)ccc3=C2c2ccc(N(c3ccccc3)c3ccccc3)cc2)c2ccccc2[Si]1(C)C. The van der Waals surface area contributed by atoms with E-state index in [9.17, 15) is 0 Å². The van der Waals surface area contributed by atoms with Gasteiger partial charge in [-0.25, -0.2) is 0 Å². The fourth-order valence-corrected chi connectivity index (χ4v) is 14.3. The summed E-state index contributed by atoms with van der Waals surface area (Å²) in [4.78, 5) is 4.69. The van der Waals surface area contributed by atoms with Gasteiger partial charge in [-0.05, 0) is 157 Å². The van der Waals surface area contributed by atoms with Crippen molar-refractivity contribution in [1.29, 1.82) is 0 Å². The van der Waals surface area contributed by atoms with Crippen LogP contribution in [0.1, 0.15) is 36.5 Å². The molecule has 1 aliphatic heterocycles. The van der Waals surface area contributed by atoms with Crippen molar-refractivity contribution in [3.05, 3.63) is 287 Å². The van der Waals surface area contributed by atoms with Crippen molar-refractivity contribution in [3.8, 4) is 11.1 Å². The molecule has 328 valence electrons. The topological polar surface area (TPSA) is 6.48 Å². The van der Waals surface area contributed by atoms with Crippen LogP contribution in [0.2, 0.25) is 13.1 Å². The molecule has 0 bridgehead atoms. The van der Waals surface area contributed by atoms with E-state index in [0.717, 1.165) is 47.0 Å². The third kappa shape index (κ3) is 7.95. The Labute approximate surface area is 402 Å². The van der Waals surface area contributed by atoms with Gasteiger partial charge in [-0.1, -0.05) is 195 Å². The summed E-state index contributed by atoms with van der Waals surface area (Å²) in [6.07, 6.45) is 4.42. The van der Waals surface area contributed by atoms with Gasteiger partial charge >= 0.3 is 0 Å². The van der Waals surface area contributed by atoms with Gasteiger partial charge in [0.1, 0.15) is 8.07 Å². The van der Waals surface area contributed by atoms with Crippen LogP contribution in [0.15, 0.2) is 260 Å². The maximum Gasteiger partial charge on any atom is 0.109 e. The van der Waals surface area contributed by atoms with Crippen LogP contribution in [0.4, 0.5) is 34.1 Å². The first-order valence-corrected chi connectivity index (χ1v) is 26.9. The lowest BCUT2D eigenvalue weighted by molar-refractivity contribution is 1.18. The molecule has 3 heteroatoms. The number of fused-ring (bicyclic) bond motifs is 2. The number of hydrogen-bond donors (Lipinski definition) is 0. The number of benzene rings is 9. The van der Waals surface area contributed by atoms with Crippen molar-refractivity contribution in [2.24, 2.45) is 0 Å². The predicted molar refractivity (Wildman–Crippen MR) is 292 cm³/mol. The van der Waals surface area contributed by atoms with Crippen LogP contribution in [0, 0.1) is 0 Å². The average molecular weight is 891 g/mol. The minimum atomic E-state index is -1.89. The number of allylic oxidation sites excluding steroid dienone is 4. The molecule has 68 heavy (non-hydrogen) atoms. The van der Waals surface area contributed by atoms with Crippen molar-refractivity contribution in [2.45, 2.75) is 32.9 Å². The summed E-state index contributed by atoms with van der Waals surface area (Å²) in [5, 5.41) is 5.70. The Morgan fingerprint density at radius 3 is 1.34 bits per heavy atom. The Morgan fingerprint density at radius 1 is 0.412 bits per heavy atom. The molecule has 11 rings (SSSR count). The van der Waals surface area contributed by atoms with Gasteiger partial charge in [0.25, 0.3) is 0 Å². The smallest absolute Gasteiger partial charge is 0.109 e. The lowest BCUT2D eigenvalue weighted by Gasteiger charge is -2.27. The van der Waals surface area contributed by atoms with E-state index in [2.05, 4.69) is 279 Å². The van der Waals surface area contributed by atoms with Gasteiger partial charge in [-0.3, -0.25) is 0 Å². The fourth-order valence-electron chi connectivity index (χ4n) is 10.8. The van der Waals surface area contributed by atoms with Gasteiger partial charge in [-0.15, -0.1) is 0 Å². The number of rotatable bonds is 11. The Bertz CT molecular complexity index is 3350. The van der Waals surface area contributed by atoms with Gasteiger partial charge in [-0.2, -0.15) is 0 Å². The quantitative estimate of drug-likeness (QED) is 0.119. The Kier molecular flexibility index (Phi) is 11.5. The maximum absolute atomic E-state index is 2.60. The van der Waals surface area contributed by atoms with Crippen LogP contribution >= 0.6 is 0 Å². The number of anilines is 6. The van der Waals surface area contributed by atoms with Crippen molar-refractivity contribution in [2.75, 3.05) is 9.80 Å². The molecule has 1 heterocycles. The Morgan fingerprint density at radius 2 is 0.838 bits per heavy atom. The highest BCUT2D eigenvalue weighted by atomic mass is 28.3. The minimum absolute atomic E-state index is 0.785. The van der Waals surface area contributed by atoms with Crippen molar-refractivity contribution >= 4 is 64.1 Å². The molecular formula is C65H54N2Si. The third-order valence-electron chi connectivity index (χ3n) is 14.0. The molecule has 0 spiro atoms. The molecule has 0 fully saturated rings. The number of hydrogen-bond acceptors (Lipinski definition) is 2. The van der Waals surface area contributed by atoms with Crippen LogP contribution in [0.5, 0.6) is 0 Å². The molecule has 0 aromatic heterocycles. The molecule has 2 aliphatic rings. The van der Waals surface area contributed by atoms with Crippen molar-refractivity contribution in [3.63, 3.8) is 0 Å². The van der Waals surface area contributed by atoms with Crippen LogP contribution in [0.25, 0.3) is 27.8 Å². The summed E-state index contributed by atoms with van der Waals surface area (Å²) in [6.45, 7) is 7.44. The van der Waals surface area contributed by atoms with Gasteiger partial charge in [0.05, 0.1) is 0 Å². The maximum atomic E-state index is 2.60. The minimum Gasteiger partial charge on any atom is -0.311 e. The largest absolute Gasteiger partial charge is 0.311 e. The Balaban J connectivity index is 1.14. The van der Waals surface area contributed by atoms with E-state index < -0.39 is 8.07 Å². The van der Waals surface area contributed by atoms with Crippen LogP contribution in [-0.2, 0) is 0 Å². The molecule has 0 unspecified atom stereocenters. The zero-order chi connectivity index (χ0) is 46.0. The normalized spacial score (nSPS) is 14.4. The van der Waals surface area contributed by atoms with Crippen LogP contribution in [-0.4, -0.2) is 8.07 Å². The van der Waals surface area contributed by atoms with E-state index in [0.29, 0.717) is 0 Å². The lowest BCUT2D eigenvalue weighted by atomic mass is 9.81. The van der Waals surface area contributed by atoms with Crippen molar-refractivity contribution in [1.82, 2.24) is 0 Å². The predicted octanol–water partition coefficient (Wildman–Crippen LogP) is 15.4. The van der Waals surface area contributed by atoms with Crippen LogP contribution < -0.4 is 25.4 Å². The van der Waals surface area contributed by atoms with Gasteiger partial charge in [0.2, 0.25) is 0 Å². The summed E-state index contributed by atoms with van der Waals surface area (Å²) < 4.78 is 0. The highest BCUT2D eigenvalue weighted by Gasteiger charge is 2.38. The van der Waals surface area contributed by atoms with Gasteiger partial charge in [0.15, 0.2) is 0 Å². The summed E-state index contributed by atoms with van der Waals surface area (Å²) >= 11 is 0. The van der Waals surface area contributed by atoms with E-state index >= 15 is 0 Å². The lowest BCUT2D eigenvalue weighted by Crippen LogP contribution is -2.41. The summed E-state index contributed by atoms with van der Waals surface area (Å²) in [5.74, 6) is 0. The third-order valence-corrected chi connectivity index (χ3v) is 17.9. The molecule has 0 radical (unpaired) electrons. The van der Waals surface area contributed by atoms with Crippen LogP contribution in [0.3, 0.4) is 0 Å². The molecule has 0 saturated heterocycles. The second kappa shape index (κ2) is 18.4. The molecule has 0 N–H and O–H groups in total. The summed E-state index contributed by atoms with van der Waals surface area (Å²) in [7, 11) is -1.89. The first kappa shape index (κ1) is 42.6. The molecule has 9 aromatic carbocycles. The van der Waals surface area contributed by atoms with E-state index in [-0.39, 0.29) is 0 Å². The molecule has 9 aromatic rings. The molecule has 2 nitrogen and oxygen atoms in total. The summed E-state index contributed by atoms with van der Waals surface area (Å²) in [5.41, 5.74) is 18.4. The molecule has 0 amide bonds. The fraction of sp³-hybridized carbons (Fsp3) is 0.0769. The monoisotopic (exact) mass is 890 g/mol. The highest BCUT2D eigenvalue weighted by Crippen LogP contribution is 2.42. The second-order valence-corrected chi connectivity index (χ2v) is 22.7. The van der Waals surface area contributed by atoms with E-state index in [4.69, 9.17) is 0 Å². The first-order chi connectivity index (χ1) is 33.5. The first-order valence-electron chi connectivity index (χ1n) is 23.9. The van der Waals surface area contributed by atoms with E-state index in [1.165, 1.54) is 60.5 Å². The second-order valence-electron chi connectivity index (χ2n) is 18.3. The van der Waals surface area contributed by atoms with Gasteiger partial charge in [0, 0.05) is 34.1 Å². The number of nitrogens with zero attached hydrogens (tertiary/aromatic N) is 2. The molecular weight excluding hydrogens is 837 g/mol. The zero-order valence-electron chi connectivity index (χ0n) is 39.0. The zero-order valence-corrected chi connectivity index (χ0v) is 40.0. The van der Waals surface area contributed by atoms with Gasteiger partial charge < -0.3 is 9.80 Å². The summed E-state index contributed by atoms with van der Waals surface area (Å²) in [6, 6.07) is 88.6. The van der Waals surface area contributed by atoms with Crippen molar-refractivity contribution < 1.29 is 0 Å². The molecule has 0 saturated carbocycles. The standard InChI is InChI=1S/C65H54N2Si/c1-4-63-62(58-32-20-21-33-64(58)68(63,2)3)46-51-45-60(48-34-39-56(40-35-48)66(52-24-12-6-13-25-52)53-26-14-7-15-27-53)61-44-50(47-22-10-5-11-23-47)38-43-59(61)65(51)49-36-41-57(42-37-49)67(54-28-16-8-17-29-54)55-30-18-9-19-31-55/h5-44,46H,4,45H2,1-3H3. The Hall–Kier alpha value is -7.98.